The second-order valence-corrected chi connectivity index (χ2v) is 9.28. The number of anilines is 2. The van der Waals surface area contributed by atoms with E-state index in [4.69, 9.17) is 0 Å². The number of nitrogens with zero attached hydrogens (tertiary/aromatic N) is 4. The molecule has 2 aromatic heterocycles. The highest BCUT2D eigenvalue weighted by molar-refractivity contribution is 6.04. The van der Waals surface area contributed by atoms with Gasteiger partial charge in [-0.25, -0.2) is 4.98 Å². The minimum Gasteiger partial charge on any atom is -0.386 e. The number of nitriles is 1. The zero-order valence-electron chi connectivity index (χ0n) is 20.3. The summed E-state index contributed by atoms with van der Waals surface area (Å²) in [6, 6.07) is 9.31. The van der Waals surface area contributed by atoms with Gasteiger partial charge in [-0.1, -0.05) is 6.07 Å². The molecule has 1 amide bonds. The van der Waals surface area contributed by atoms with E-state index in [0.29, 0.717) is 47.4 Å². The average Bonchev–Trinajstić information content (AvgIpc) is 2.82. The van der Waals surface area contributed by atoms with Crippen LogP contribution in [0.15, 0.2) is 47.5 Å². The molecule has 1 fully saturated rings. The molecule has 4 rings (SSSR count). The maximum Gasteiger partial charge on any atom is 0.421 e. The summed E-state index contributed by atoms with van der Waals surface area (Å²) in [7, 11) is 0. The molecule has 192 valence electrons. The van der Waals surface area contributed by atoms with Gasteiger partial charge in [0.15, 0.2) is 0 Å². The quantitative estimate of drug-likeness (QED) is 0.537. The summed E-state index contributed by atoms with van der Waals surface area (Å²) in [5, 5.41) is 22.2. The minimum absolute atomic E-state index is 0.0308. The van der Waals surface area contributed by atoms with E-state index in [1.165, 1.54) is 6.92 Å². The molecule has 11 heteroatoms. The molecule has 0 aliphatic carbocycles. The number of alkyl halides is 3. The molecular formula is C26H24F3N5O3. The van der Waals surface area contributed by atoms with Crippen LogP contribution >= 0.6 is 0 Å². The highest BCUT2D eigenvalue weighted by Gasteiger charge is 2.38. The number of hydrogen-bond donors (Lipinski definition) is 2. The lowest BCUT2D eigenvalue weighted by Gasteiger charge is -2.45. The van der Waals surface area contributed by atoms with Gasteiger partial charge in [0.1, 0.15) is 17.5 Å². The number of halogens is 3. The first-order chi connectivity index (χ1) is 17.3. The Balaban J connectivity index is 1.64. The minimum atomic E-state index is -4.90. The second-order valence-electron chi connectivity index (χ2n) is 9.28. The molecule has 0 bridgehead atoms. The van der Waals surface area contributed by atoms with Crippen molar-refractivity contribution in [2.24, 2.45) is 0 Å². The van der Waals surface area contributed by atoms with E-state index in [9.17, 15) is 33.1 Å². The number of pyridine rings is 2. The van der Waals surface area contributed by atoms with Crippen LogP contribution in [0.25, 0.3) is 11.1 Å². The first-order valence-corrected chi connectivity index (χ1v) is 11.4. The van der Waals surface area contributed by atoms with Crippen LogP contribution in [0.2, 0.25) is 0 Å². The number of carbonyl (C=O) groups is 1. The van der Waals surface area contributed by atoms with Crippen LogP contribution in [-0.2, 0) is 12.7 Å². The zero-order valence-corrected chi connectivity index (χ0v) is 20.3. The molecule has 1 aromatic carbocycles. The van der Waals surface area contributed by atoms with Crippen molar-refractivity contribution in [3.8, 4) is 17.2 Å². The largest absolute Gasteiger partial charge is 0.421 e. The monoisotopic (exact) mass is 511 g/mol. The van der Waals surface area contributed by atoms with Gasteiger partial charge < -0.3 is 19.9 Å². The SMILES string of the molecule is CCn1cc(C(=O)Nc2ccc(C)c(-c3cnc(N4CC(C)(O)C4)c(C#N)c3)c2)cc(C(F)(F)F)c1=O. The Morgan fingerprint density at radius 1 is 1.27 bits per heavy atom. The van der Waals surface area contributed by atoms with Crippen molar-refractivity contribution in [3.63, 3.8) is 0 Å². The number of benzene rings is 1. The maximum absolute atomic E-state index is 13.3. The van der Waals surface area contributed by atoms with Gasteiger partial charge in [-0.05, 0) is 56.2 Å². The lowest BCUT2D eigenvalue weighted by Crippen LogP contribution is -2.60. The van der Waals surface area contributed by atoms with E-state index in [-0.39, 0.29) is 12.1 Å². The number of amides is 1. The molecule has 0 atom stereocenters. The maximum atomic E-state index is 13.3. The normalized spacial score (nSPS) is 14.6. The molecule has 2 N–H and O–H groups in total. The number of aryl methyl sites for hydroxylation is 2. The van der Waals surface area contributed by atoms with E-state index < -0.39 is 28.8 Å². The molecule has 1 saturated heterocycles. The first kappa shape index (κ1) is 25.9. The summed E-state index contributed by atoms with van der Waals surface area (Å²) in [6.07, 6.45) is -2.22. The highest BCUT2D eigenvalue weighted by atomic mass is 19.4. The van der Waals surface area contributed by atoms with Crippen LogP contribution in [-0.4, -0.2) is 39.3 Å². The van der Waals surface area contributed by atoms with Gasteiger partial charge in [0, 0.05) is 43.3 Å². The van der Waals surface area contributed by atoms with Crippen molar-refractivity contribution in [1.29, 1.82) is 5.26 Å². The Bertz CT molecular complexity index is 1480. The van der Waals surface area contributed by atoms with E-state index in [1.807, 2.05) is 6.92 Å². The van der Waals surface area contributed by atoms with Gasteiger partial charge in [-0.3, -0.25) is 9.59 Å². The van der Waals surface area contributed by atoms with Gasteiger partial charge in [-0.2, -0.15) is 18.4 Å². The predicted molar refractivity (Wildman–Crippen MR) is 131 cm³/mol. The molecular weight excluding hydrogens is 487 g/mol. The number of β-amino-alcohol motifs (C(OH)–C–C–N with tert-alkyl or cyclic N) is 1. The third kappa shape index (κ3) is 5.20. The summed E-state index contributed by atoms with van der Waals surface area (Å²) in [6.45, 7) is 5.73. The van der Waals surface area contributed by atoms with Gasteiger partial charge in [0.2, 0.25) is 0 Å². The Hall–Kier alpha value is -4.17. The number of aliphatic hydroxyl groups is 1. The fourth-order valence-corrected chi connectivity index (χ4v) is 4.28. The van der Waals surface area contributed by atoms with Crippen molar-refractivity contribution in [2.45, 2.75) is 39.1 Å². The number of hydrogen-bond acceptors (Lipinski definition) is 6. The highest BCUT2D eigenvalue weighted by Crippen LogP contribution is 2.33. The van der Waals surface area contributed by atoms with E-state index >= 15 is 0 Å². The van der Waals surface area contributed by atoms with Crippen molar-refractivity contribution in [2.75, 3.05) is 23.3 Å². The van der Waals surface area contributed by atoms with Gasteiger partial charge >= 0.3 is 6.18 Å². The molecule has 1 aliphatic rings. The standard InChI is InChI=1S/C26H24F3N5O3/c1-4-33-12-18(8-21(24(33)36)26(27,28)29)23(35)32-19-6-5-15(2)20(9-19)17-7-16(10-30)22(31-11-17)34-13-25(3,37)14-34/h5-9,11-12,37H,4,13-14H2,1-3H3,(H,32,35). The molecule has 3 heterocycles. The smallest absolute Gasteiger partial charge is 0.386 e. The van der Waals surface area contributed by atoms with Crippen LogP contribution in [0.1, 0.15) is 40.9 Å². The van der Waals surface area contributed by atoms with Gasteiger partial charge in [-0.15, -0.1) is 0 Å². The van der Waals surface area contributed by atoms with Crippen molar-refractivity contribution in [1.82, 2.24) is 9.55 Å². The van der Waals surface area contributed by atoms with Crippen LogP contribution < -0.4 is 15.8 Å². The molecule has 37 heavy (non-hydrogen) atoms. The Morgan fingerprint density at radius 2 is 1.97 bits per heavy atom. The third-order valence-corrected chi connectivity index (χ3v) is 6.15. The van der Waals surface area contributed by atoms with E-state index in [1.54, 1.807) is 42.3 Å². The van der Waals surface area contributed by atoms with Crippen LogP contribution in [0, 0.1) is 18.3 Å². The number of nitrogens with one attached hydrogen (secondary N) is 1. The third-order valence-electron chi connectivity index (χ3n) is 6.15. The molecule has 0 radical (unpaired) electrons. The fourth-order valence-electron chi connectivity index (χ4n) is 4.28. The number of carbonyl (C=O) groups excluding carboxylic acids is 1. The topological polar surface area (TPSA) is 111 Å². The van der Waals surface area contributed by atoms with Crippen LogP contribution in [0.4, 0.5) is 24.7 Å². The van der Waals surface area contributed by atoms with Crippen LogP contribution in [0.5, 0.6) is 0 Å². The first-order valence-electron chi connectivity index (χ1n) is 11.4. The summed E-state index contributed by atoms with van der Waals surface area (Å²) in [5.41, 5.74) is -1.03. The van der Waals surface area contributed by atoms with Gasteiger partial charge in [0.25, 0.3) is 11.5 Å². The molecule has 8 nitrogen and oxygen atoms in total. The van der Waals surface area contributed by atoms with Crippen molar-refractivity contribution >= 4 is 17.4 Å². The Labute approximate surface area is 210 Å². The summed E-state index contributed by atoms with van der Waals surface area (Å²) in [5.74, 6) is -0.343. The number of rotatable bonds is 5. The van der Waals surface area contributed by atoms with Gasteiger partial charge in [0.05, 0.1) is 16.7 Å². The molecule has 0 spiro atoms. The summed E-state index contributed by atoms with van der Waals surface area (Å²) >= 11 is 0. The van der Waals surface area contributed by atoms with Crippen LogP contribution in [0.3, 0.4) is 0 Å². The summed E-state index contributed by atoms with van der Waals surface area (Å²) in [4.78, 5) is 31.1. The molecule has 0 saturated carbocycles. The molecule has 0 unspecified atom stereocenters. The van der Waals surface area contributed by atoms with E-state index in [0.717, 1.165) is 16.3 Å². The Kier molecular flexibility index (Phi) is 6.56. The molecule has 1 aliphatic heterocycles. The second kappa shape index (κ2) is 9.37. The van der Waals surface area contributed by atoms with Crippen molar-refractivity contribution < 1.29 is 23.1 Å². The lowest BCUT2D eigenvalue weighted by molar-refractivity contribution is -0.139. The zero-order chi connectivity index (χ0) is 27.1. The van der Waals surface area contributed by atoms with E-state index in [2.05, 4.69) is 16.4 Å². The predicted octanol–water partition coefficient (Wildman–Crippen LogP) is 3.95. The lowest BCUT2D eigenvalue weighted by atomic mass is 9.95. The average molecular weight is 512 g/mol. The Morgan fingerprint density at radius 3 is 2.57 bits per heavy atom. The summed E-state index contributed by atoms with van der Waals surface area (Å²) < 4.78 is 40.8. The van der Waals surface area contributed by atoms with Crippen molar-refractivity contribution in [3.05, 3.63) is 75.3 Å². The fraction of sp³-hybridized carbons (Fsp3) is 0.308. The molecule has 3 aromatic rings. The number of aromatic nitrogens is 2.